The summed E-state index contributed by atoms with van der Waals surface area (Å²) in [5.74, 6) is 0. The Labute approximate surface area is 83.8 Å². The Morgan fingerprint density at radius 1 is 1.75 bits per heavy atom. The molecule has 0 aromatic carbocycles. The molecule has 66 valence electrons. The minimum Gasteiger partial charge on any atom is -0.372 e. The van der Waals surface area contributed by atoms with Gasteiger partial charge in [-0.05, 0) is 27.6 Å². The average molecular weight is 248 g/mol. The largest absolute Gasteiger partial charge is 0.372 e. The Bertz CT molecular complexity index is 287. The van der Waals surface area contributed by atoms with Crippen LogP contribution in [0, 0.1) is 0 Å². The first-order valence-electron chi connectivity index (χ1n) is 3.91. The van der Waals surface area contributed by atoms with Gasteiger partial charge in [0.1, 0.15) is 0 Å². The number of ether oxygens (including phenoxy) is 1. The standard InChI is InChI=1S/C8H10BrNOS/c9-8-3-5-6(4-10)11-2-1-7(5)12-8/h3,6H,1-2,4,10H2. The highest BCUT2D eigenvalue weighted by atomic mass is 79.9. The van der Waals surface area contributed by atoms with E-state index in [2.05, 4.69) is 22.0 Å². The summed E-state index contributed by atoms with van der Waals surface area (Å²) in [6.07, 6.45) is 1.15. The summed E-state index contributed by atoms with van der Waals surface area (Å²) >= 11 is 5.26. The minimum absolute atomic E-state index is 0.122. The summed E-state index contributed by atoms with van der Waals surface area (Å²) < 4.78 is 6.70. The molecule has 0 aliphatic carbocycles. The molecule has 2 nitrogen and oxygen atoms in total. The van der Waals surface area contributed by atoms with Crippen molar-refractivity contribution < 1.29 is 4.74 Å². The molecule has 4 heteroatoms. The maximum absolute atomic E-state index is 5.59. The Morgan fingerprint density at radius 3 is 3.33 bits per heavy atom. The van der Waals surface area contributed by atoms with Crippen LogP contribution < -0.4 is 5.73 Å². The van der Waals surface area contributed by atoms with Crippen molar-refractivity contribution in [2.45, 2.75) is 12.5 Å². The second-order valence-corrected chi connectivity index (χ2v) is 5.29. The first-order chi connectivity index (χ1) is 5.81. The summed E-state index contributed by atoms with van der Waals surface area (Å²) in [5.41, 5.74) is 6.87. The molecule has 1 aliphatic heterocycles. The van der Waals surface area contributed by atoms with E-state index in [1.54, 1.807) is 11.3 Å². The number of hydrogen-bond acceptors (Lipinski definition) is 3. The maximum atomic E-state index is 5.59. The molecule has 1 atom stereocenters. The topological polar surface area (TPSA) is 35.2 Å². The molecule has 0 amide bonds. The second-order valence-electron chi connectivity index (χ2n) is 2.77. The van der Waals surface area contributed by atoms with Gasteiger partial charge in [-0.2, -0.15) is 0 Å². The van der Waals surface area contributed by atoms with Gasteiger partial charge in [0.15, 0.2) is 0 Å². The van der Waals surface area contributed by atoms with Gasteiger partial charge in [0, 0.05) is 17.8 Å². The molecule has 0 saturated heterocycles. The SMILES string of the molecule is NCC1OCCc2sc(Br)cc21. The van der Waals surface area contributed by atoms with E-state index < -0.39 is 0 Å². The second kappa shape index (κ2) is 3.46. The Balaban J connectivity index is 2.36. The zero-order valence-corrected chi connectivity index (χ0v) is 8.95. The van der Waals surface area contributed by atoms with E-state index in [0.29, 0.717) is 6.54 Å². The van der Waals surface area contributed by atoms with Gasteiger partial charge in [0.05, 0.1) is 16.5 Å². The van der Waals surface area contributed by atoms with Gasteiger partial charge >= 0.3 is 0 Å². The van der Waals surface area contributed by atoms with E-state index in [-0.39, 0.29) is 6.10 Å². The summed E-state index contributed by atoms with van der Waals surface area (Å²) in [6.45, 7) is 1.39. The van der Waals surface area contributed by atoms with Crippen molar-refractivity contribution in [3.63, 3.8) is 0 Å². The van der Waals surface area contributed by atoms with Crippen LogP contribution in [0.25, 0.3) is 0 Å². The third-order valence-electron chi connectivity index (χ3n) is 2.02. The Kier molecular flexibility index (Phi) is 2.50. The third kappa shape index (κ3) is 1.44. The lowest BCUT2D eigenvalue weighted by Gasteiger charge is -2.21. The molecule has 1 aromatic heterocycles. The fourth-order valence-electron chi connectivity index (χ4n) is 1.46. The lowest BCUT2D eigenvalue weighted by atomic mass is 10.1. The van der Waals surface area contributed by atoms with Crippen LogP contribution in [0.5, 0.6) is 0 Å². The normalized spacial score (nSPS) is 22.3. The molecule has 12 heavy (non-hydrogen) atoms. The van der Waals surface area contributed by atoms with Crippen LogP contribution in [0.4, 0.5) is 0 Å². The molecule has 0 fully saturated rings. The van der Waals surface area contributed by atoms with Gasteiger partial charge in [0.25, 0.3) is 0 Å². The highest BCUT2D eigenvalue weighted by molar-refractivity contribution is 9.11. The van der Waals surface area contributed by atoms with E-state index >= 15 is 0 Å². The van der Waals surface area contributed by atoms with Crippen molar-refractivity contribution in [3.8, 4) is 0 Å². The smallest absolute Gasteiger partial charge is 0.0958 e. The maximum Gasteiger partial charge on any atom is 0.0958 e. The van der Waals surface area contributed by atoms with Crippen LogP contribution in [0.2, 0.25) is 0 Å². The molecule has 2 heterocycles. The average Bonchev–Trinajstić information content (AvgIpc) is 2.44. The number of thiophene rings is 1. The van der Waals surface area contributed by atoms with Gasteiger partial charge in [-0.1, -0.05) is 0 Å². The lowest BCUT2D eigenvalue weighted by Crippen LogP contribution is -2.21. The van der Waals surface area contributed by atoms with Gasteiger partial charge in [-0.15, -0.1) is 11.3 Å². The molecule has 2 rings (SSSR count). The quantitative estimate of drug-likeness (QED) is 0.825. The third-order valence-corrected chi connectivity index (χ3v) is 3.73. The van der Waals surface area contributed by atoms with Crippen LogP contribution in [-0.4, -0.2) is 13.2 Å². The van der Waals surface area contributed by atoms with Crippen LogP contribution >= 0.6 is 27.3 Å². The summed E-state index contributed by atoms with van der Waals surface area (Å²) in [7, 11) is 0. The fraction of sp³-hybridized carbons (Fsp3) is 0.500. The Morgan fingerprint density at radius 2 is 2.58 bits per heavy atom. The predicted molar refractivity (Wildman–Crippen MR) is 53.5 cm³/mol. The van der Waals surface area contributed by atoms with Crippen molar-refractivity contribution in [2.75, 3.05) is 13.2 Å². The molecule has 1 aromatic rings. The van der Waals surface area contributed by atoms with E-state index in [0.717, 1.165) is 13.0 Å². The van der Waals surface area contributed by atoms with E-state index in [4.69, 9.17) is 10.5 Å². The van der Waals surface area contributed by atoms with Gasteiger partial charge in [0.2, 0.25) is 0 Å². The highest BCUT2D eigenvalue weighted by Crippen LogP contribution is 2.35. The number of hydrogen-bond donors (Lipinski definition) is 1. The molecule has 0 spiro atoms. The van der Waals surface area contributed by atoms with Gasteiger partial charge in [-0.3, -0.25) is 0 Å². The monoisotopic (exact) mass is 247 g/mol. The van der Waals surface area contributed by atoms with Crippen LogP contribution in [0.3, 0.4) is 0 Å². The number of fused-ring (bicyclic) bond motifs is 1. The van der Waals surface area contributed by atoms with Crippen LogP contribution in [-0.2, 0) is 11.2 Å². The van der Waals surface area contributed by atoms with Crippen molar-refractivity contribution in [1.29, 1.82) is 0 Å². The summed E-state index contributed by atoms with van der Waals surface area (Å²) in [5, 5.41) is 0. The molecule has 0 radical (unpaired) electrons. The lowest BCUT2D eigenvalue weighted by molar-refractivity contribution is 0.0498. The van der Waals surface area contributed by atoms with E-state index in [1.165, 1.54) is 14.2 Å². The number of rotatable bonds is 1. The summed E-state index contributed by atoms with van der Waals surface area (Å²) in [4.78, 5) is 1.42. The zero-order valence-electron chi connectivity index (χ0n) is 6.55. The Hall–Kier alpha value is 0.100. The molecular weight excluding hydrogens is 238 g/mol. The molecule has 2 N–H and O–H groups in total. The highest BCUT2D eigenvalue weighted by Gasteiger charge is 2.21. The van der Waals surface area contributed by atoms with Crippen LogP contribution in [0.15, 0.2) is 9.85 Å². The first-order valence-corrected chi connectivity index (χ1v) is 5.52. The summed E-state index contributed by atoms with van der Waals surface area (Å²) in [6, 6.07) is 2.12. The predicted octanol–water partition coefficient (Wildman–Crippen LogP) is 2.08. The zero-order chi connectivity index (χ0) is 8.55. The number of nitrogens with two attached hydrogens (primary N) is 1. The first kappa shape index (κ1) is 8.69. The fourth-order valence-corrected chi connectivity index (χ4v) is 3.20. The van der Waals surface area contributed by atoms with Crippen LogP contribution in [0.1, 0.15) is 16.5 Å². The van der Waals surface area contributed by atoms with Gasteiger partial charge in [-0.25, -0.2) is 0 Å². The van der Waals surface area contributed by atoms with Crippen molar-refractivity contribution in [2.24, 2.45) is 5.73 Å². The molecule has 1 aliphatic rings. The molecule has 0 saturated carbocycles. The van der Waals surface area contributed by atoms with Gasteiger partial charge < -0.3 is 10.5 Å². The number of halogens is 1. The van der Waals surface area contributed by atoms with E-state index in [1.807, 2.05) is 0 Å². The van der Waals surface area contributed by atoms with Crippen molar-refractivity contribution >= 4 is 27.3 Å². The molecular formula is C8H10BrNOS. The molecule has 0 bridgehead atoms. The van der Waals surface area contributed by atoms with Crippen molar-refractivity contribution in [1.82, 2.24) is 0 Å². The van der Waals surface area contributed by atoms with Crippen molar-refractivity contribution in [3.05, 3.63) is 20.3 Å². The molecule has 1 unspecified atom stereocenters. The minimum atomic E-state index is 0.122. The van der Waals surface area contributed by atoms with E-state index in [9.17, 15) is 0 Å².